The maximum atomic E-state index is 13.2. The third-order valence-electron chi connectivity index (χ3n) is 3.33. The minimum atomic E-state index is -0.139. The molecule has 0 aliphatic carbocycles. The van der Waals surface area contributed by atoms with Crippen LogP contribution in [0.5, 0.6) is 0 Å². The first-order chi connectivity index (χ1) is 7.21. The highest BCUT2D eigenvalue weighted by atomic mass is 19.1. The van der Waals surface area contributed by atoms with Crippen molar-refractivity contribution in [2.45, 2.75) is 38.1 Å². The Labute approximate surface area is 90.7 Å². The summed E-state index contributed by atoms with van der Waals surface area (Å²) in [7, 11) is 0. The Morgan fingerprint density at radius 3 is 2.93 bits per heavy atom. The number of hydrogen-bond donors (Lipinski definition) is 1. The van der Waals surface area contributed by atoms with Gasteiger partial charge in [-0.05, 0) is 44.0 Å². The van der Waals surface area contributed by atoms with E-state index in [0.717, 1.165) is 18.5 Å². The summed E-state index contributed by atoms with van der Waals surface area (Å²) in [5, 5.41) is 3.53. The molecule has 0 saturated carbocycles. The van der Waals surface area contributed by atoms with Gasteiger partial charge in [0.25, 0.3) is 0 Å². The zero-order chi connectivity index (χ0) is 10.7. The lowest BCUT2D eigenvalue weighted by Crippen LogP contribution is -2.38. The van der Waals surface area contributed by atoms with Crippen LogP contribution in [0, 0.1) is 5.82 Å². The molecule has 2 rings (SSSR count). The average Bonchev–Trinajstić information content (AvgIpc) is 2.44. The predicted molar refractivity (Wildman–Crippen MR) is 60.2 cm³/mol. The molecule has 1 N–H and O–H groups in total. The van der Waals surface area contributed by atoms with Crippen molar-refractivity contribution in [3.8, 4) is 0 Å². The zero-order valence-electron chi connectivity index (χ0n) is 9.22. The van der Waals surface area contributed by atoms with Crippen LogP contribution in [0.25, 0.3) is 0 Å². The van der Waals surface area contributed by atoms with Crippen molar-refractivity contribution in [2.24, 2.45) is 0 Å². The van der Waals surface area contributed by atoms with Crippen molar-refractivity contribution in [1.29, 1.82) is 0 Å². The smallest absolute Gasteiger partial charge is 0.123 e. The van der Waals surface area contributed by atoms with Crippen molar-refractivity contribution in [3.05, 3.63) is 35.6 Å². The van der Waals surface area contributed by atoms with Crippen LogP contribution in [-0.4, -0.2) is 6.54 Å². The molecule has 0 amide bonds. The van der Waals surface area contributed by atoms with Gasteiger partial charge in [-0.1, -0.05) is 25.0 Å². The molecule has 82 valence electrons. The van der Waals surface area contributed by atoms with Crippen LogP contribution in [0.1, 0.15) is 38.2 Å². The van der Waals surface area contributed by atoms with Gasteiger partial charge < -0.3 is 5.32 Å². The molecular weight excluding hydrogens is 189 g/mol. The van der Waals surface area contributed by atoms with E-state index in [2.05, 4.69) is 12.2 Å². The second-order valence-corrected chi connectivity index (χ2v) is 4.58. The number of nitrogens with one attached hydrogen (secondary N) is 1. The van der Waals surface area contributed by atoms with Crippen molar-refractivity contribution in [3.63, 3.8) is 0 Å². The summed E-state index contributed by atoms with van der Waals surface area (Å²) >= 11 is 0. The molecule has 0 bridgehead atoms. The van der Waals surface area contributed by atoms with Gasteiger partial charge in [-0.25, -0.2) is 4.39 Å². The molecule has 1 heterocycles. The first kappa shape index (κ1) is 10.6. The van der Waals surface area contributed by atoms with Crippen LogP contribution in [0.3, 0.4) is 0 Å². The standard InChI is InChI=1S/C13H18FN/c1-13(8-3-2-4-9-15-13)11-6-5-7-12(14)10-11/h5-7,10,15H,2-4,8-9H2,1H3. The maximum absolute atomic E-state index is 13.2. The van der Waals surface area contributed by atoms with Crippen LogP contribution in [-0.2, 0) is 5.54 Å². The van der Waals surface area contributed by atoms with Crippen molar-refractivity contribution in [2.75, 3.05) is 6.54 Å². The number of rotatable bonds is 1. The topological polar surface area (TPSA) is 12.0 Å². The second kappa shape index (κ2) is 4.31. The fraction of sp³-hybridized carbons (Fsp3) is 0.538. The fourth-order valence-corrected chi connectivity index (χ4v) is 2.31. The first-order valence-corrected chi connectivity index (χ1v) is 5.72. The van der Waals surface area contributed by atoms with Gasteiger partial charge in [-0.15, -0.1) is 0 Å². The van der Waals surface area contributed by atoms with E-state index in [9.17, 15) is 4.39 Å². The Bertz CT molecular complexity index is 327. The lowest BCUT2D eigenvalue weighted by atomic mass is 9.87. The molecule has 0 spiro atoms. The van der Waals surface area contributed by atoms with Crippen molar-refractivity contribution < 1.29 is 4.39 Å². The molecule has 1 unspecified atom stereocenters. The van der Waals surface area contributed by atoms with Crippen molar-refractivity contribution in [1.82, 2.24) is 5.32 Å². The zero-order valence-corrected chi connectivity index (χ0v) is 9.22. The molecule has 1 nitrogen and oxygen atoms in total. The van der Waals surface area contributed by atoms with E-state index in [1.165, 1.54) is 25.3 Å². The van der Waals surface area contributed by atoms with Gasteiger partial charge in [0.1, 0.15) is 5.82 Å². The Kier molecular flexibility index (Phi) is 3.06. The van der Waals surface area contributed by atoms with E-state index >= 15 is 0 Å². The molecule has 15 heavy (non-hydrogen) atoms. The fourth-order valence-electron chi connectivity index (χ4n) is 2.31. The summed E-state index contributed by atoms with van der Waals surface area (Å²) in [6, 6.07) is 6.96. The molecule has 0 radical (unpaired) electrons. The quantitative estimate of drug-likeness (QED) is 0.745. The Morgan fingerprint density at radius 1 is 1.27 bits per heavy atom. The van der Waals surface area contributed by atoms with Gasteiger partial charge in [-0.2, -0.15) is 0 Å². The highest BCUT2D eigenvalue weighted by molar-refractivity contribution is 5.24. The highest BCUT2D eigenvalue weighted by Crippen LogP contribution is 2.29. The number of hydrogen-bond acceptors (Lipinski definition) is 1. The van der Waals surface area contributed by atoms with Crippen LogP contribution >= 0.6 is 0 Å². The van der Waals surface area contributed by atoms with Gasteiger partial charge in [0, 0.05) is 5.54 Å². The van der Waals surface area contributed by atoms with Gasteiger partial charge in [0.2, 0.25) is 0 Å². The molecule has 2 heteroatoms. The lowest BCUT2D eigenvalue weighted by Gasteiger charge is -2.30. The molecule has 1 fully saturated rings. The predicted octanol–water partition coefficient (Wildman–Crippen LogP) is 3.20. The molecule has 1 aliphatic heterocycles. The monoisotopic (exact) mass is 207 g/mol. The van der Waals surface area contributed by atoms with E-state index < -0.39 is 0 Å². The van der Waals surface area contributed by atoms with E-state index in [4.69, 9.17) is 0 Å². The van der Waals surface area contributed by atoms with Gasteiger partial charge in [0.15, 0.2) is 0 Å². The summed E-state index contributed by atoms with van der Waals surface area (Å²) in [6.07, 6.45) is 4.82. The Hall–Kier alpha value is -0.890. The van der Waals surface area contributed by atoms with Gasteiger partial charge in [0.05, 0.1) is 0 Å². The minimum Gasteiger partial charge on any atom is -0.308 e. The summed E-state index contributed by atoms with van der Waals surface area (Å²) in [6.45, 7) is 3.21. The summed E-state index contributed by atoms with van der Waals surface area (Å²) in [5.74, 6) is -0.139. The van der Waals surface area contributed by atoms with Crippen LogP contribution < -0.4 is 5.32 Å². The number of halogens is 1. The molecule has 0 aromatic heterocycles. The molecule has 1 aliphatic rings. The second-order valence-electron chi connectivity index (χ2n) is 4.58. The first-order valence-electron chi connectivity index (χ1n) is 5.72. The van der Waals surface area contributed by atoms with Crippen LogP contribution in [0.2, 0.25) is 0 Å². The summed E-state index contributed by atoms with van der Waals surface area (Å²) < 4.78 is 13.2. The lowest BCUT2D eigenvalue weighted by molar-refractivity contribution is 0.358. The van der Waals surface area contributed by atoms with Gasteiger partial charge in [-0.3, -0.25) is 0 Å². The SMILES string of the molecule is CC1(c2cccc(F)c2)CCCCCN1. The third-order valence-corrected chi connectivity index (χ3v) is 3.33. The Morgan fingerprint density at radius 2 is 2.13 bits per heavy atom. The normalized spacial score (nSPS) is 27.3. The third kappa shape index (κ3) is 2.37. The van der Waals surface area contributed by atoms with Crippen LogP contribution in [0.15, 0.2) is 24.3 Å². The molecule has 1 atom stereocenters. The van der Waals surface area contributed by atoms with E-state index in [1.54, 1.807) is 12.1 Å². The largest absolute Gasteiger partial charge is 0.308 e. The summed E-state index contributed by atoms with van der Waals surface area (Å²) in [4.78, 5) is 0. The van der Waals surface area contributed by atoms with E-state index in [1.807, 2.05) is 6.07 Å². The number of benzene rings is 1. The van der Waals surface area contributed by atoms with E-state index in [0.29, 0.717) is 0 Å². The average molecular weight is 207 g/mol. The van der Waals surface area contributed by atoms with Crippen LogP contribution in [0.4, 0.5) is 4.39 Å². The molecule has 1 saturated heterocycles. The maximum Gasteiger partial charge on any atom is 0.123 e. The molecule has 1 aromatic carbocycles. The highest BCUT2D eigenvalue weighted by Gasteiger charge is 2.27. The molecular formula is C13H18FN. The Balaban J connectivity index is 2.26. The van der Waals surface area contributed by atoms with Crippen molar-refractivity contribution >= 4 is 0 Å². The van der Waals surface area contributed by atoms with Gasteiger partial charge >= 0.3 is 0 Å². The summed E-state index contributed by atoms with van der Waals surface area (Å²) in [5.41, 5.74) is 1.03. The minimum absolute atomic E-state index is 0.0431. The van der Waals surface area contributed by atoms with E-state index in [-0.39, 0.29) is 11.4 Å². The molecule has 1 aromatic rings.